The van der Waals surface area contributed by atoms with E-state index in [1.807, 2.05) is 6.07 Å². The second kappa shape index (κ2) is 5.63. The van der Waals surface area contributed by atoms with Crippen molar-refractivity contribution in [1.82, 2.24) is 5.32 Å². The number of benzene rings is 1. The summed E-state index contributed by atoms with van der Waals surface area (Å²) in [6.45, 7) is 7.24. The lowest BCUT2D eigenvalue weighted by molar-refractivity contribution is 0.588. The third-order valence-corrected chi connectivity index (χ3v) is 4.11. The fourth-order valence-electron chi connectivity index (χ4n) is 1.86. The quantitative estimate of drug-likeness (QED) is 0.864. The van der Waals surface area contributed by atoms with Crippen LogP contribution in [0.3, 0.4) is 0 Å². The molecule has 0 radical (unpaired) electrons. The molecule has 0 aliphatic carbocycles. The molecule has 0 bridgehead atoms. The number of hydrogen-bond acceptors (Lipinski definition) is 2. The van der Waals surface area contributed by atoms with Crippen molar-refractivity contribution in [1.29, 1.82) is 0 Å². The van der Waals surface area contributed by atoms with Gasteiger partial charge < -0.3 is 5.32 Å². The third kappa shape index (κ3) is 2.98. The van der Waals surface area contributed by atoms with Crippen molar-refractivity contribution in [2.45, 2.75) is 33.4 Å². The van der Waals surface area contributed by atoms with Crippen LogP contribution in [-0.4, -0.2) is 6.04 Å². The molecule has 1 nitrogen and oxygen atoms in total. The summed E-state index contributed by atoms with van der Waals surface area (Å²) in [5.41, 5.74) is 3.51. The number of nitrogens with one attached hydrogen (secondary N) is 1. The van der Waals surface area contributed by atoms with Crippen LogP contribution in [-0.2, 0) is 6.54 Å². The van der Waals surface area contributed by atoms with Crippen molar-refractivity contribution in [3.63, 3.8) is 0 Å². The van der Waals surface area contributed by atoms with Crippen LogP contribution >= 0.6 is 11.3 Å². The van der Waals surface area contributed by atoms with Crippen molar-refractivity contribution >= 4 is 11.3 Å². The lowest BCUT2D eigenvalue weighted by atomic mass is 10.1. The van der Waals surface area contributed by atoms with Crippen LogP contribution in [0.25, 0.3) is 10.4 Å². The van der Waals surface area contributed by atoms with Gasteiger partial charge in [0.1, 0.15) is 5.82 Å². The van der Waals surface area contributed by atoms with Crippen LogP contribution in [0.15, 0.2) is 29.6 Å². The molecule has 2 rings (SSSR count). The van der Waals surface area contributed by atoms with Gasteiger partial charge in [-0.1, -0.05) is 26.0 Å². The molecule has 0 aliphatic rings. The van der Waals surface area contributed by atoms with Gasteiger partial charge in [-0.2, -0.15) is 0 Å². The summed E-state index contributed by atoms with van der Waals surface area (Å²) in [6.07, 6.45) is 0. The Labute approximate surface area is 112 Å². The molecule has 18 heavy (non-hydrogen) atoms. The molecule has 2 aromatic rings. The second-order valence-electron chi connectivity index (χ2n) is 4.76. The topological polar surface area (TPSA) is 12.0 Å². The summed E-state index contributed by atoms with van der Waals surface area (Å²) in [6, 6.07) is 7.27. The van der Waals surface area contributed by atoms with Crippen molar-refractivity contribution in [3.8, 4) is 10.4 Å². The van der Waals surface area contributed by atoms with E-state index in [0.717, 1.165) is 17.0 Å². The Hall–Kier alpha value is -1.19. The highest BCUT2D eigenvalue weighted by Gasteiger charge is 2.10. The molecule has 3 heteroatoms. The summed E-state index contributed by atoms with van der Waals surface area (Å²) >= 11 is 1.68. The summed E-state index contributed by atoms with van der Waals surface area (Å²) in [5.74, 6) is -0.179. The first-order chi connectivity index (χ1) is 8.58. The largest absolute Gasteiger partial charge is 0.310 e. The number of thiophene rings is 1. The van der Waals surface area contributed by atoms with Crippen molar-refractivity contribution < 1.29 is 4.39 Å². The minimum Gasteiger partial charge on any atom is -0.310 e. The Kier molecular flexibility index (Phi) is 4.15. The second-order valence-corrected chi connectivity index (χ2v) is 5.64. The average molecular weight is 263 g/mol. The maximum Gasteiger partial charge on any atom is 0.123 e. The van der Waals surface area contributed by atoms with Crippen LogP contribution in [0.2, 0.25) is 0 Å². The van der Waals surface area contributed by atoms with Gasteiger partial charge in [-0.25, -0.2) is 4.39 Å². The molecule has 0 aliphatic heterocycles. The lowest BCUT2D eigenvalue weighted by Gasteiger charge is -2.08. The molecule has 0 spiro atoms. The molecule has 96 valence electrons. The van der Waals surface area contributed by atoms with Gasteiger partial charge in [0.15, 0.2) is 0 Å². The van der Waals surface area contributed by atoms with E-state index in [4.69, 9.17) is 0 Å². The highest BCUT2D eigenvalue weighted by atomic mass is 32.1. The van der Waals surface area contributed by atoms with Gasteiger partial charge in [-0.3, -0.25) is 0 Å². The first-order valence-electron chi connectivity index (χ1n) is 6.14. The zero-order chi connectivity index (χ0) is 13.1. The van der Waals surface area contributed by atoms with Gasteiger partial charge in [0.2, 0.25) is 0 Å². The molecular formula is C15H18FNS. The fraction of sp³-hybridized carbons (Fsp3) is 0.333. The molecule has 0 fully saturated rings. The summed E-state index contributed by atoms with van der Waals surface area (Å²) in [5, 5.41) is 5.57. The molecule has 0 amide bonds. The maximum absolute atomic E-state index is 13.2. The van der Waals surface area contributed by atoms with Gasteiger partial charge in [0.05, 0.1) is 0 Å². The van der Waals surface area contributed by atoms with Crippen LogP contribution in [0.5, 0.6) is 0 Å². The highest BCUT2D eigenvalue weighted by molar-refractivity contribution is 7.14. The Morgan fingerprint density at radius 2 is 2.11 bits per heavy atom. The first-order valence-corrected chi connectivity index (χ1v) is 7.02. The van der Waals surface area contributed by atoms with Gasteiger partial charge in [0, 0.05) is 17.5 Å². The van der Waals surface area contributed by atoms with E-state index in [2.05, 4.69) is 31.5 Å². The molecular weight excluding hydrogens is 245 g/mol. The lowest BCUT2D eigenvalue weighted by Crippen LogP contribution is -2.21. The minimum absolute atomic E-state index is 0.179. The van der Waals surface area contributed by atoms with Gasteiger partial charge in [-0.15, -0.1) is 11.3 Å². The Balaban J connectivity index is 2.25. The van der Waals surface area contributed by atoms with Crippen molar-refractivity contribution in [2.24, 2.45) is 0 Å². The molecule has 0 saturated heterocycles. The van der Waals surface area contributed by atoms with Crippen molar-refractivity contribution in [2.75, 3.05) is 0 Å². The van der Waals surface area contributed by atoms with E-state index in [0.29, 0.717) is 6.04 Å². The van der Waals surface area contributed by atoms with Crippen molar-refractivity contribution in [3.05, 3.63) is 46.6 Å². The van der Waals surface area contributed by atoms with Gasteiger partial charge >= 0.3 is 0 Å². The molecule has 0 atom stereocenters. The van der Waals surface area contributed by atoms with E-state index in [-0.39, 0.29) is 5.82 Å². The van der Waals surface area contributed by atoms with Crippen LogP contribution < -0.4 is 5.32 Å². The molecule has 1 heterocycles. The Morgan fingerprint density at radius 3 is 2.78 bits per heavy atom. The number of hydrogen-bond donors (Lipinski definition) is 1. The molecule has 0 unspecified atom stereocenters. The van der Waals surface area contributed by atoms with Crippen LogP contribution in [0.1, 0.15) is 25.0 Å². The third-order valence-electron chi connectivity index (χ3n) is 2.93. The smallest absolute Gasteiger partial charge is 0.123 e. The maximum atomic E-state index is 13.2. The SMILES string of the molecule is Cc1c(CNC(C)C)csc1-c1cccc(F)c1. The van der Waals surface area contributed by atoms with Gasteiger partial charge in [0.25, 0.3) is 0 Å². The van der Waals surface area contributed by atoms with E-state index < -0.39 is 0 Å². The molecule has 0 saturated carbocycles. The predicted molar refractivity (Wildman–Crippen MR) is 76.4 cm³/mol. The van der Waals surface area contributed by atoms with E-state index >= 15 is 0 Å². The number of halogens is 1. The van der Waals surface area contributed by atoms with E-state index in [9.17, 15) is 4.39 Å². The summed E-state index contributed by atoms with van der Waals surface area (Å²) in [7, 11) is 0. The molecule has 1 aromatic heterocycles. The standard InChI is InChI=1S/C15H18FNS/c1-10(2)17-8-13-9-18-15(11(13)3)12-5-4-6-14(16)7-12/h4-7,9-10,17H,8H2,1-3H3. The van der Waals surface area contributed by atoms with Crippen LogP contribution in [0, 0.1) is 12.7 Å². The molecule has 1 aromatic carbocycles. The monoisotopic (exact) mass is 263 g/mol. The van der Waals surface area contributed by atoms with E-state index in [1.54, 1.807) is 23.5 Å². The summed E-state index contributed by atoms with van der Waals surface area (Å²) < 4.78 is 13.2. The molecule has 1 N–H and O–H groups in total. The zero-order valence-corrected chi connectivity index (χ0v) is 11.8. The van der Waals surface area contributed by atoms with Crippen LogP contribution in [0.4, 0.5) is 4.39 Å². The number of rotatable bonds is 4. The van der Waals surface area contributed by atoms with Gasteiger partial charge in [-0.05, 0) is 41.1 Å². The highest BCUT2D eigenvalue weighted by Crippen LogP contribution is 2.32. The fourth-order valence-corrected chi connectivity index (χ4v) is 2.95. The van der Waals surface area contributed by atoms with E-state index in [1.165, 1.54) is 17.2 Å². The Morgan fingerprint density at radius 1 is 1.33 bits per heavy atom. The first kappa shape index (κ1) is 13.2. The predicted octanol–water partition coefficient (Wildman–Crippen LogP) is 4.36. The average Bonchev–Trinajstić information content (AvgIpc) is 2.68. The zero-order valence-electron chi connectivity index (χ0n) is 11.0. The normalized spacial score (nSPS) is 11.2. The summed E-state index contributed by atoms with van der Waals surface area (Å²) in [4.78, 5) is 1.16. The minimum atomic E-state index is -0.179. The Bertz CT molecular complexity index is 531.